The van der Waals surface area contributed by atoms with E-state index in [9.17, 15) is 8.42 Å². The van der Waals surface area contributed by atoms with Crippen molar-refractivity contribution < 1.29 is 8.42 Å². The smallest absolute Gasteiger partial charge is 0.182 e. The molecule has 0 saturated carbocycles. The summed E-state index contributed by atoms with van der Waals surface area (Å²) in [5.41, 5.74) is 1.48. The van der Waals surface area contributed by atoms with Gasteiger partial charge in [0.25, 0.3) is 0 Å². The predicted octanol–water partition coefficient (Wildman–Crippen LogP) is 2.90. The van der Waals surface area contributed by atoms with Crippen LogP contribution in [0, 0.1) is 18.3 Å². The van der Waals surface area contributed by atoms with Crippen LogP contribution in [0.25, 0.3) is 0 Å². The van der Waals surface area contributed by atoms with Crippen LogP contribution in [0.3, 0.4) is 0 Å². The number of aryl methyl sites for hydroxylation is 1. The van der Waals surface area contributed by atoms with Gasteiger partial charge in [0.15, 0.2) is 9.84 Å². The Morgan fingerprint density at radius 1 is 1.33 bits per heavy atom. The summed E-state index contributed by atoms with van der Waals surface area (Å²) in [6.45, 7) is 1.85. The Kier molecular flexibility index (Phi) is 3.50. The van der Waals surface area contributed by atoms with Crippen LogP contribution < -0.4 is 0 Å². The highest BCUT2D eigenvalue weighted by Crippen LogP contribution is 2.22. The van der Waals surface area contributed by atoms with Crippen LogP contribution in [0.15, 0.2) is 40.6 Å². The van der Waals surface area contributed by atoms with Gasteiger partial charge in [0, 0.05) is 0 Å². The molecule has 0 saturated heterocycles. The number of hydrogen-bond donors (Lipinski definition) is 0. The Morgan fingerprint density at radius 2 is 2.11 bits per heavy atom. The lowest BCUT2D eigenvalue weighted by Crippen LogP contribution is -2.05. The van der Waals surface area contributed by atoms with E-state index in [-0.39, 0.29) is 5.75 Å². The van der Waals surface area contributed by atoms with Gasteiger partial charge in [-0.2, -0.15) is 5.26 Å². The Hall–Kier alpha value is -1.64. The minimum absolute atomic E-state index is 0.122. The molecule has 0 fully saturated rings. The fourth-order valence-electron chi connectivity index (χ4n) is 1.64. The summed E-state index contributed by atoms with van der Waals surface area (Å²) < 4.78 is 24.4. The maximum atomic E-state index is 12.2. The monoisotopic (exact) mass is 277 g/mol. The molecule has 0 aliphatic rings. The van der Waals surface area contributed by atoms with Gasteiger partial charge in [0.05, 0.1) is 10.6 Å². The van der Waals surface area contributed by atoms with E-state index in [1.165, 1.54) is 11.3 Å². The zero-order valence-electron chi connectivity index (χ0n) is 9.75. The molecular weight excluding hydrogens is 266 g/mol. The molecule has 0 amide bonds. The zero-order valence-corrected chi connectivity index (χ0v) is 11.4. The van der Waals surface area contributed by atoms with E-state index in [2.05, 4.69) is 0 Å². The third-order valence-corrected chi connectivity index (χ3v) is 5.07. The molecule has 92 valence electrons. The number of nitriles is 1. The summed E-state index contributed by atoms with van der Waals surface area (Å²) in [5, 5.41) is 10.6. The van der Waals surface area contributed by atoms with Crippen molar-refractivity contribution in [1.29, 1.82) is 5.26 Å². The van der Waals surface area contributed by atoms with Crippen molar-refractivity contribution in [2.75, 3.05) is 0 Å². The molecule has 0 bridgehead atoms. The van der Waals surface area contributed by atoms with Crippen molar-refractivity contribution in [1.82, 2.24) is 0 Å². The summed E-state index contributed by atoms with van der Waals surface area (Å²) in [6.07, 6.45) is 0. The average Bonchev–Trinajstić information content (AvgIpc) is 2.75. The van der Waals surface area contributed by atoms with Gasteiger partial charge in [0.1, 0.15) is 10.9 Å². The molecule has 2 aromatic rings. The Morgan fingerprint density at radius 3 is 2.78 bits per heavy atom. The molecule has 5 heteroatoms. The largest absolute Gasteiger partial charge is 0.223 e. The highest BCUT2D eigenvalue weighted by molar-refractivity contribution is 7.90. The van der Waals surface area contributed by atoms with Gasteiger partial charge in [-0.1, -0.05) is 12.1 Å². The van der Waals surface area contributed by atoms with Crippen molar-refractivity contribution in [2.45, 2.75) is 17.6 Å². The van der Waals surface area contributed by atoms with Gasteiger partial charge in [0.2, 0.25) is 0 Å². The minimum Gasteiger partial charge on any atom is -0.223 e. The van der Waals surface area contributed by atoms with Crippen LogP contribution in [0.2, 0.25) is 0 Å². The van der Waals surface area contributed by atoms with Gasteiger partial charge >= 0.3 is 0 Å². The van der Waals surface area contributed by atoms with Crippen LogP contribution >= 0.6 is 11.3 Å². The van der Waals surface area contributed by atoms with E-state index in [0.29, 0.717) is 15.3 Å². The first kappa shape index (κ1) is 12.8. The molecule has 2 rings (SSSR count). The number of benzene rings is 1. The third-order valence-electron chi connectivity index (χ3n) is 2.54. The van der Waals surface area contributed by atoms with Crippen LogP contribution in [0.5, 0.6) is 0 Å². The van der Waals surface area contributed by atoms with Crippen molar-refractivity contribution in [3.05, 3.63) is 51.7 Å². The average molecular weight is 277 g/mol. The Balaban J connectivity index is 2.37. The van der Waals surface area contributed by atoms with E-state index < -0.39 is 9.84 Å². The summed E-state index contributed by atoms with van der Waals surface area (Å²) in [5.74, 6) is -0.122. The molecule has 1 aromatic heterocycles. The van der Waals surface area contributed by atoms with Crippen LogP contribution in [-0.2, 0) is 15.6 Å². The van der Waals surface area contributed by atoms with E-state index in [1.807, 2.05) is 19.1 Å². The molecule has 0 atom stereocenters. The van der Waals surface area contributed by atoms with Crippen molar-refractivity contribution >= 4 is 21.2 Å². The summed E-state index contributed by atoms with van der Waals surface area (Å²) in [7, 11) is -3.38. The Bertz CT molecular complexity index is 709. The van der Waals surface area contributed by atoms with Gasteiger partial charge in [-0.15, -0.1) is 11.3 Å². The van der Waals surface area contributed by atoms with Gasteiger partial charge < -0.3 is 0 Å². The SMILES string of the molecule is Cc1cccc(S(=O)(=O)Cc2ccsc2C#N)c1. The van der Waals surface area contributed by atoms with Gasteiger partial charge in [-0.25, -0.2) is 8.42 Å². The highest BCUT2D eigenvalue weighted by Gasteiger charge is 2.18. The maximum absolute atomic E-state index is 12.2. The molecule has 0 spiro atoms. The van der Waals surface area contributed by atoms with Gasteiger partial charge in [-0.3, -0.25) is 0 Å². The number of rotatable bonds is 3. The van der Waals surface area contributed by atoms with E-state index in [0.717, 1.165) is 5.56 Å². The lowest BCUT2D eigenvalue weighted by molar-refractivity contribution is 0.595. The normalized spacial score (nSPS) is 11.1. The predicted molar refractivity (Wildman–Crippen MR) is 71.1 cm³/mol. The van der Waals surface area contributed by atoms with Crippen molar-refractivity contribution in [3.63, 3.8) is 0 Å². The Labute approximate surface area is 110 Å². The summed E-state index contributed by atoms with van der Waals surface area (Å²) in [4.78, 5) is 0.767. The molecule has 0 aliphatic carbocycles. The fraction of sp³-hybridized carbons (Fsp3) is 0.154. The molecule has 18 heavy (non-hydrogen) atoms. The van der Waals surface area contributed by atoms with E-state index in [4.69, 9.17) is 5.26 Å². The number of nitrogens with zero attached hydrogens (tertiary/aromatic N) is 1. The molecule has 1 aromatic carbocycles. The molecule has 0 radical (unpaired) electrons. The molecule has 0 unspecified atom stereocenters. The first-order valence-electron chi connectivity index (χ1n) is 5.29. The molecule has 1 heterocycles. The second kappa shape index (κ2) is 4.92. The standard InChI is InChI=1S/C13H11NO2S2/c1-10-3-2-4-12(7-10)18(15,16)9-11-5-6-17-13(11)8-14/h2-7H,9H2,1H3. The number of hydrogen-bond acceptors (Lipinski definition) is 4. The van der Waals surface area contributed by atoms with Crippen molar-refractivity contribution in [3.8, 4) is 6.07 Å². The summed E-state index contributed by atoms with van der Waals surface area (Å²) >= 11 is 1.26. The topological polar surface area (TPSA) is 57.9 Å². The maximum Gasteiger partial charge on any atom is 0.182 e. The van der Waals surface area contributed by atoms with Crippen LogP contribution in [0.4, 0.5) is 0 Å². The van der Waals surface area contributed by atoms with Gasteiger partial charge in [-0.05, 0) is 41.6 Å². The number of sulfone groups is 1. The third kappa shape index (κ3) is 2.61. The van der Waals surface area contributed by atoms with Crippen LogP contribution in [-0.4, -0.2) is 8.42 Å². The fourth-order valence-corrected chi connectivity index (χ4v) is 3.92. The highest BCUT2D eigenvalue weighted by atomic mass is 32.2. The number of thiophene rings is 1. The zero-order chi connectivity index (χ0) is 13.2. The second-order valence-electron chi connectivity index (χ2n) is 3.96. The first-order valence-corrected chi connectivity index (χ1v) is 7.82. The molecule has 0 N–H and O–H groups in total. The quantitative estimate of drug-likeness (QED) is 0.866. The minimum atomic E-state index is -3.38. The second-order valence-corrected chi connectivity index (χ2v) is 6.87. The first-order chi connectivity index (χ1) is 8.53. The molecular formula is C13H11NO2S2. The van der Waals surface area contributed by atoms with E-state index in [1.54, 1.807) is 29.6 Å². The lowest BCUT2D eigenvalue weighted by atomic mass is 10.2. The van der Waals surface area contributed by atoms with Crippen molar-refractivity contribution in [2.24, 2.45) is 0 Å². The van der Waals surface area contributed by atoms with E-state index >= 15 is 0 Å². The van der Waals surface area contributed by atoms with Crippen LogP contribution in [0.1, 0.15) is 16.0 Å². The molecule has 3 nitrogen and oxygen atoms in total. The molecule has 0 aliphatic heterocycles. The lowest BCUT2D eigenvalue weighted by Gasteiger charge is -2.04. The summed E-state index contributed by atoms with van der Waals surface area (Å²) in [6, 6.07) is 10.5.